The predicted molar refractivity (Wildman–Crippen MR) is 141 cm³/mol. The fourth-order valence-corrected chi connectivity index (χ4v) is 7.02. The first-order chi connectivity index (χ1) is 18.8. The fourth-order valence-electron chi connectivity index (χ4n) is 7.02. The number of imide groups is 1. The maximum Gasteiger partial charge on any atom is 0.264 e. The zero-order valence-electron chi connectivity index (χ0n) is 21.8. The Kier molecular flexibility index (Phi) is 5.43. The Morgan fingerprint density at radius 2 is 1.87 bits per heavy atom. The average Bonchev–Trinajstić information content (AvgIpc) is 3.45. The van der Waals surface area contributed by atoms with Crippen LogP contribution in [0, 0.1) is 11.3 Å². The summed E-state index contributed by atoms with van der Waals surface area (Å²) in [5.74, 6) is -0.112. The van der Waals surface area contributed by atoms with Crippen LogP contribution >= 0.6 is 0 Å². The van der Waals surface area contributed by atoms with Crippen molar-refractivity contribution in [1.82, 2.24) is 24.9 Å². The summed E-state index contributed by atoms with van der Waals surface area (Å²) >= 11 is 0. The highest BCUT2D eigenvalue weighted by Gasteiger charge is 2.62. The molecular weight excluding hydrogens is 496 g/mol. The monoisotopic (exact) mass is 528 g/mol. The molecule has 0 spiro atoms. The van der Waals surface area contributed by atoms with Crippen molar-refractivity contribution in [3.63, 3.8) is 0 Å². The molecule has 1 unspecified atom stereocenters. The van der Waals surface area contributed by atoms with Crippen LogP contribution in [-0.2, 0) is 16.1 Å². The molecule has 0 radical (unpaired) electrons. The molecule has 8 rings (SSSR count). The number of hydrogen-bond donors (Lipinski definition) is 2. The number of nitrogens with zero attached hydrogens (tertiary/aromatic N) is 4. The van der Waals surface area contributed by atoms with E-state index in [1.807, 2.05) is 17.1 Å². The van der Waals surface area contributed by atoms with E-state index in [0.29, 0.717) is 47.8 Å². The van der Waals surface area contributed by atoms with Gasteiger partial charge in [0, 0.05) is 42.8 Å². The van der Waals surface area contributed by atoms with Crippen LogP contribution in [0.2, 0.25) is 0 Å². The predicted octanol–water partition coefficient (Wildman–Crippen LogP) is 2.85. The average molecular weight is 529 g/mol. The van der Waals surface area contributed by atoms with Crippen LogP contribution < -0.4 is 10.6 Å². The summed E-state index contributed by atoms with van der Waals surface area (Å²) in [6.45, 7) is 5.76. The van der Waals surface area contributed by atoms with Crippen molar-refractivity contribution in [2.24, 2.45) is 11.3 Å². The van der Waals surface area contributed by atoms with Crippen molar-refractivity contribution in [3.8, 4) is 0 Å². The van der Waals surface area contributed by atoms with Gasteiger partial charge in [-0.15, -0.1) is 0 Å². The smallest absolute Gasteiger partial charge is 0.264 e. The standard InChI is InChI=1S/C29H32N6O4/c1-17-5-6-23(25(36)32-17)35-26(37)21-3-2-4-22(24(21)27(35)38)30-14-19-15-31-34(16-19)20-7-9-33(10-8-20)28(39)29-11-18(12-29)13-29/h2-4,15-16,18,20,23,30H,1,5-14H2,(H,32,36). The normalized spacial score (nSPS) is 28.1. The number of carbonyl (C=O) groups is 4. The summed E-state index contributed by atoms with van der Waals surface area (Å²) in [5, 5.41) is 10.6. The molecule has 1 atom stereocenters. The number of piperidine rings is 2. The lowest BCUT2D eigenvalue weighted by atomic mass is 9.44. The Hall–Kier alpha value is -3.95. The molecule has 202 valence electrons. The van der Waals surface area contributed by atoms with E-state index in [1.54, 1.807) is 18.2 Å². The quantitative estimate of drug-likeness (QED) is 0.557. The largest absolute Gasteiger partial charge is 0.380 e. The van der Waals surface area contributed by atoms with E-state index in [2.05, 4.69) is 27.2 Å². The van der Waals surface area contributed by atoms with Crippen molar-refractivity contribution >= 4 is 29.3 Å². The van der Waals surface area contributed by atoms with E-state index >= 15 is 0 Å². The molecule has 5 fully saturated rings. The minimum atomic E-state index is -0.838. The van der Waals surface area contributed by atoms with E-state index in [9.17, 15) is 19.2 Å². The van der Waals surface area contributed by atoms with Crippen LogP contribution in [0.1, 0.15) is 77.3 Å². The zero-order valence-corrected chi connectivity index (χ0v) is 21.8. The number of nitrogens with one attached hydrogen (secondary N) is 2. The first kappa shape index (κ1) is 24.1. The van der Waals surface area contributed by atoms with E-state index in [1.165, 1.54) is 0 Å². The van der Waals surface area contributed by atoms with Gasteiger partial charge >= 0.3 is 0 Å². The summed E-state index contributed by atoms with van der Waals surface area (Å²) in [6.07, 6.45) is 9.77. The first-order valence-electron chi connectivity index (χ1n) is 13.9. The molecule has 3 saturated carbocycles. The molecular formula is C29H32N6O4. The lowest BCUT2D eigenvalue weighted by Gasteiger charge is -2.61. The molecule has 1 aromatic heterocycles. The minimum Gasteiger partial charge on any atom is -0.380 e. The second kappa shape index (κ2) is 8.79. The Morgan fingerprint density at radius 1 is 1.10 bits per heavy atom. The molecule has 4 heterocycles. The van der Waals surface area contributed by atoms with Gasteiger partial charge in [-0.3, -0.25) is 28.8 Å². The Labute approximate surface area is 226 Å². The summed E-state index contributed by atoms with van der Waals surface area (Å²) in [4.78, 5) is 55.0. The van der Waals surface area contributed by atoms with Crippen molar-refractivity contribution < 1.29 is 19.2 Å². The number of fused-ring (bicyclic) bond motifs is 1. The molecule has 3 aliphatic carbocycles. The summed E-state index contributed by atoms with van der Waals surface area (Å²) in [5.41, 5.74) is 2.70. The molecule has 39 heavy (non-hydrogen) atoms. The molecule has 4 amide bonds. The molecule has 10 nitrogen and oxygen atoms in total. The highest BCUT2D eigenvalue weighted by molar-refractivity contribution is 6.25. The van der Waals surface area contributed by atoms with Crippen LogP contribution in [0.4, 0.5) is 5.69 Å². The molecule has 3 aliphatic heterocycles. The fraction of sp³-hybridized carbons (Fsp3) is 0.483. The van der Waals surface area contributed by atoms with Crippen LogP contribution in [0.25, 0.3) is 0 Å². The molecule has 10 heteroatoms. The number of rotatable bonds is 6. The van der Waals surface area contributed by atoms with Gasteiger partial charge in [-0.05, 0) is 63.0 Å². The summed E-state index contributed by atoms with van der Waals surface area (Å²) in [7, 11) is 0. The van der Waals surface area contributed by atoms with Gasteiger partial charge < -0.3 is 15.5 Å². The van der Waals surface area contributed by atoms with Gasteiger partial charge in [-0.1, -0.05) is 12.6 Å². The number of aromatic nitrogens is 2. The zero-order chi connectivity index (χ0) is 26.9. The molecule has 2 aromatic rings. The number of likely N-dealkylation sites (tertiary alicyclic amines) is 1. The summed E-state index contributed by atoms with van der Waals surface area (Å²) in [6, 6.07) is 4.56. The number of anilines is 1. The minimum absolute atomic E-state index is 0.0133. The van der Waals surface area contributed by atoms with Crippen LogP contribution in [0.3, 0.4) is 0 Å². The Morgan fingerprint density at radius 3 is 2.56 bits per heavy atom. The Balaban J connectivity index is 0.992. The SMILES string of the molecule is C=C1CCC(N2C(=O)c3cccc(NCc4cnn(C5CCN(C(=O)C67CC(C6)C7)CC5)c4)c3C2=O)C(=O)N1. The van der Waals surface area contributed by atoms with Crippen molar-refractivity contribution in [3.05, 3.63) is 59.6 Å². The molecule has 1 aromatic carbocycles. The van der Waals surface area contributed by atoms with Gasteiger partial charge in [-0.2, -0.15) is 5.10 Å². The highest BCUT2D eigenvalue weighted by Crippen LogP contribution is 2.65. The van der Waals surface area contributed by atoms with E-state index < -0.39 is 17.9 Å². The Bertz CT molecular complexity index is 1400. The number of allylic oxidation sites excluding steroid dienone is 1. The first-order valence-corrected chi connectivity index (χ1v) is 13.9. The van der Waals surface area contributed by atoms with E-state index in [4.69, 9.17) is 0 Å². The second-order valence-electron chi connectivity index (χ2n) is 11.8. The maximum atomic E-state index is 13.4. The number of benzene rings is 1. The third kappa shape index (κ3) is 3.79. The number of hydrogen-bond acceptors (Lipinski definition) is 6. The van der Waals surface area contributed by atoms with Crippen LogP contribution in [0.15, 0.2) is 42.9 Å². The topological polar surface area (TPSA) is 117 Å². The van der Waals surface area contributed by atoms with Gasteiger partial charge in [0.15, 0.2) is 0 Å². The molecule has 2 saturated heterocycles. The number of amides is 4. The van der Waals surface area contributed by atoms with Gasteiger partial charge in [0.05, 0.1) is 28.8 Å². The van der Waals surface area contributed by atoms with Gasteiger partial charge in [0.1, 0.15) is 6.04 Å². The lowest BCUT2D eigenvalue weighted by molar-refractivity contribution is -0.178. The van der Waals surface area contributed by atoms with Gasteiger partial charge in [0.25, 0.3) is 11.8 Å². The second-order valence-corrected chi connectivity index (χ2v) is 11.8. The van der Waals surface area contributed by atoms with E-state index in [-0.39, 0.29) is 17.4 Å². The third-order valence-electron chi connectivity index (χ3n) is 9.34. The van der Waals surface area contributed by atoms with Crippen molar-refractivity contribution in [2.75, 3.05) is 18.4 Å². The maximum absolute atomic E-state index is 13.4. The van der Waals surface area contributed by atoms with Crippen molar-refractivity contribution in [1.29, 1.82) is 0 Å². The third-order valence-corrected chi connectivity index (χ3v) is 9.34. The number of carbonyl (C=O) groups excluding carboxylic acids is 4. The highest BCUT2D eigenvalue weighted by atomic mass is 16.2. The summed E-state index contributed by atoms with van der Waals surface area (Å²) < 4.78 is 1.99. The molecule has 2 bridgehead atoms. The van der Waals surface area contributed by atoms with Crippen molar-refractivity contribution in [2.45, 2.75) is 63.6 Å². The van der Waals surface area contributed by atoms with Gasteiger partial charge in [-0.25, -0.2) is 0 Å². The molecule has 2 N–H and O–H groups in total. The van der Waals surface area contributed by atoms with E-state index in [0.717, 1.165) is 61.6 Å². The van der Waals surface area contributed by atoms with Crippen LogP contribution in [-0.4, -0.2) is 62.3 Å². The molecule has 6 aliphatic rings. The lowest BCUT2D eigenvalue weighted by Crippen LogP contribution is -2.61. The van der Waals surface area contributed by atoms with Gasteiger partial charge in [0.2, 0.25) is 11.8 Å². The van der Waals surface area contributed by atoms with Crippen LogP contribution in [0.5, 0.6) is 0 Å².